The molecule has 3 nitrogen and oxygen atoms in total. The molecule has 2 bridgehead atoms. The third-order valence-electron chi connectivity index (χ3n) is 5.21. The van der Waals surface area contributed by atoms with Gasteiger partial charge in [0, 0.05) is 18.5 Å². The summed E-state index contributed by atoms with van der Waals surface area (Å²) in [5, 5.41) is 3.39. The third kappa shape index (κ3) is 3.43. The fourth-order valence-corrected chi connectivity index (χ4v) is 4.15. The molecule has 0 aliphatic carbocycles. The maximum atomic E-state index is 12.4. The lowest BCUT2D eigenvalue weighted by Gasteiger charge is -2.35. The standard InChI is InChI=1S/C15H26N2O.ClH/c18-15(7-4-12-8-10-16-11-9-12)17-13-2-1-3-14(17)6-5-13;/h12-14,16H,1-11H2;1H. The second kappa shape index (κ2) is 6.94. The van der Waals surface area contributed by atoms with Gasteiger partial charge >= 0.3 is 0 Å². The first-order chi connectivity index (χ1) is 8.84. The van der Waals surface area contributed by atoms with Crippen LogP contribution in [0.3, 0.4) is 0 Å². The number of hydrogen-bond donors (Lipinski definition) is 1. The van der Waals surface area contributed by atoms with Gasteiger partial charge in [0.1, 0.15) is 0 Å². The zero-order valence-corrected chi connectivity index (χ0v) is 12.6. The number of nitrogens with one attached hydrogen (secondary N) is 1. The molecule has 2 unspecified atom stereocenters. The van der Waals surface area contributed by atoms with Gasteiger partial charge in [-0.3, -0.25) is 4.79 Å². The van der Waals surface area contributed by atoms with Gasteiger partial charge in [-0.15, -0.1) is 12.4 Å². The number of nitrogens with zero attached hydrogens (tertiary/aromatic N) is 1. The van der Waals surface area contributed by atoms with E-state index < -0.39 is 0 Å². The van der Waals surface area contributed by atoms with Crippen molar-refractivity contribution >= 4 is 18.3 Å². The number of rotatable bonds is 3. The Balaban J connectivity index is 0.00000133. The topological polar surface area (TPSA) is 32.3 Å². The summed E-state index contributed by atoms with van der Waals surface area (Å²) in [7, 11) is 0. The Bertz CT molecular complexity index is 289. The van der Waals surface area contributed by atoms with Crippen molar-refractivity contribution in [1.82, 2.24) is 10.2 Å². The van der Waals surface area contributed by atoms with E-state index in [4.69, 9.17) is 0 Å². The first-order valence-electron chi connectivity index (χ1n) is 7.86. The molecule has 3 rings (SSSR count). The fourth-order valence-electron chi connectivity index (χ4n) is 4.15. The Morgan fingerprint density at radius 3 is 2.26 bits per heavy atom. The third-order valence-corrected chi connectivity index (χ3v) is 5.21. The van der Waals surface area contributed by atoms with Gasteiger partial charge in [0.25, 0.3) is 0 Å². The first kappa shape index (κ1) is 15.1. The first-order valence-corrected chi connectivity index (χ1v) is 7.86. The van der Waals surface area contributed by atoms with Crippen molar-refractivity contribution in [3.05, 3.63) is 0 Å². The zero-order valence-electron chi connectivity index (χ0n) is 11.8. The van der Waals surface area contributed by atoms with Gasteiger partial charge in [-0.2, -0.15) is 0 Å². The minimum absolute atomic E-state index is 0. The fraction of sp³-hybridized carbons (Fsp3) is 0.933. The smallest absolute Gasteiger partial charge is 0.223 e. The summed E-state index contributed by atoms with van der Waals surface area (Å²) in [5.41, 5.74) is 0. The van der Waals surface area contributed by atoms with Crippen LogP contribution in [-0.4, -0.2) is 36.0 Å². The van der Waals surface area contributed by atoms with Crippen molar-refractivity contribution < 1.29 is 4.79 Å². The van der Waals surface area contributed by atoms with Crippen LogP contribution in [0.2, 0.25) is 0 Å². The highest BCUT2D eigenvalue weighted by molar-refractivity contribution is 5.85. The average Bonchev–Trinajstić information content (AvgIpc) is 2.67. The van der Waals surface area contributed by atoms with E-state index in [2.05, 4.69) is 10.2 Å². The lowest BCUT2D eigenvalue weighted by atomic mass is 9.92. The summed E-state index contributed by atoms with van der Waals surface area (Å²) in [6, 6.07) is 1.20. The highest BCUT2D eigenvalue weighted by atomic mass is 35.5. The molecule has 3 aliphatic rings. The largest absolute Gasteiger partial charge is 0.337 e. The average molecular weight is 287 g/mol. The van der Waals surface area contributed by atoms with E-state index in [1.54, 1.807) is 0 Å². The van der Waals surface area contributed by atoms with Crippen molar-refractivity contribution in [2.75, 3.05) is 13.1 Å². The minimum atomic E-state index is 0. The molecule has 3 aliphatic heterocycles. The number of amides is 1. The monoisotopic (exact) mass is 286 g/mol. The quantitative estimate of drug-likeness (QED) is 0.865. The maximum Gasteiger partial charge on any atom is 0.223 e. The van der Waals surface area contributed by atoms with Crippen LogP contribution in [0.4, 0.5) is 0 Å². The molecule has 0 aromatic rings. The van der Waals surface area contributed by atoms with E-state index >= 15 is 0 Å². The molecule has 0 saturated carbocycles. The van der Waals surface area contributed by atoms with Gasteiger partial charge in [0.15, 0.2) is 0 Å². The minimum Gasteiger partial charge on any atom is -0.337 e. The molecule has 0 radical (unpaired) electrons. The van der Waals surface area contributed by atoms with E-state index in [1.165, 1.54) is 44.9 Å². The second-order valence-electron chi connectivity index (χ2n) is 6.35. The molecule has 1 amide bonds. The number of piperidine rings is 2. The lowest BCUT2D eigenvalue weighted by molar-refractivity contribution is -0.135. The summed E-state index contributed by atoms with van der Waals surface area (Å²) in [6.07, 6.45) is 10.8. The number of hydrogen-bond acceptors (Lipinski definition) is 2. The van der Waals surface area contributed by atoms with Gasteiger partial charge < -0.3 is 10.2 Å². The number of halogens is 1. The van der Waals surface area contributed by atoms with Gasteiger partial charge in [-0.05, 0) is 70.4 Å². The molecule has 0 spiro atoms. The van der Waals surface area contributed by atoms with E-state index in [9.17, 15) is 4.79 Å². The number of carbonyl (C=O) groups is 1. The Hall–Kier alpha value is -0.280. The molecule has 3 fully saturated rings. The molecule has 3 heterocycles. The Kier molecular flexibility index (Phi) is 5.52. The maximum absolute atomic E-state index is 12.4. The second-order valence-corrected chi connectivity index (χ2v) is 6.35. The van der Waals surface area contributed by atoms with Crippen molar-refractivity contribution in [3.8, 4) is 0 Å². The molecule has 0 aromatic carbocycles. The predicted octanol–water partition coefficient (Wildman–Crippen LogP) is 2.73. The Labute approximate surface area is 122 Å². The van der Waals surface area contributed by atoms with E-state index in [0.717, 1.165) is 31.8 Å². The molecule has 1 N–H and O–H groups in total. The molecule has 0 aromatic heterocycles. The van der Waals surface area contributed by atoms with Crippen LogP contribution in [-0.2, 0) is 4.79 Å². The summed E-state index contributed by atoms with van der Waals surface area (Å²) in [5.74, 6) is 1.25. The molecule has 2 atom stereocenters. The van der Waals surface area contributed by atoms with E-state index in [0.29, 0.717) is 18.0 Å². The van der Waals surface area contributed by atoms with Crippen LogP contribution in [0.1, 0.15) is 57.8 Å². The van der Waals surface area contributed by atoms with E-state index in [-0.39, 0.29) is 12.4 Å². The van der Waals surface area contributed by atoms with Crippen molar-refractivity contribution in [1.29, 1.82) is 0 Å². The molecule has 4 heteroatoms. The van der Waals surface area contributed by atoms with Crippen LogP contribution in [0.5, 0.6) is 0 Å². The van der Waals surface area contributed by atoms with Crippen molar-refractivity contribution in [2.45, 2.75) is 69.9 Å². The Morgan fingerprint density at radius 1 is 1.00 bits per heavy atom. The molecule has 19 heavy (non-hydrogen) atoms. The van der Waals surface area contributed by atoms with Gasteiger partial charge in [0.05, 0.1) is 0 Å². The van der Waals surface area contributed by atoms with Crippen LogP contribution in [0.15, 0.2) is 0 Å². The van der Waals surface area contributed by atoms with Crippen molar-refractivity contribution in [3.63, 3.8) is 0 Å². The van der Waals surface area contributed by atoms with Crippen LogP contribution < -0.4 is 5.32 Å². The van der Waals surface area contributed by atoms with Crippen LogP contribution in [0, 0.1) is 5.92 Å². The molecular formula is C15H27ClN2O. The predicted molar refractivity (Wildman–Crippen MR) is 79.6 cm³/mol. The number of carbonyl (C=O) groups excluding carboxylic acids is 1. The lowest BCUT2D eigenvalue weighted by Crippen LogP contribution is -2.44. The molecular weight excluding hydrogens is 260 g/mol. The molecule has 110 valence electrons. The normalized spacial score (nSPS) is 31.1. The SMILES string of the molecule is Cl.O=C(CCC1CCNCC1)N1C2CCCC1CC2. The van der Waals surface area contributed by atoms with Crippen LogP contribution >= 0.6 is 12.4 Å². The van der Waals surface area contributed by atoms with Crippen molar-refractivity contribution in [2.24, 2.45) is 5.92 Å². The Morgan fingerprint density at radius 2 is 1.63 bits per heavy atom. The summed E-state index contributed by atoms with van der Waals surface area (Å²) >= 11 is 0. The number of fused-ring (bicyclic) bond motifs is 2. The summed E-state index contributed by atoms with van der Waals surface area (Å²) < 4.78 is 0. The van der Waals surface area contributed by atoms with Gasteiger partial charge in [-0.1, -0.05) is 0 Å². The highest BCUT2D eigenvalue weighted by Gasteiger charge is 2.39. The van der Waals surface area contributed by atoms with Gasteiger partial charge in [-0.25, -0.2) is 0 Å². The van der Waals surface area contributed by atoms with Crippen LogP contribution in [0.25, 0.3) is 0 Å². The summed E-state index contributed by atoms with van der Waals surface area (Å²) in [4.78, 5) is 14.7. The highest BCUT2D eigenvalue weighted by Crippen LogP contribution is 2.36. The summed E-state index contributed by atoms with van der Waals surface area (Å²) in [6.45, 7) is 2.29. The molecule has 3 saturated heterocycles. The van der Waals surface area contributed by atoms with Gasteiger partial charge in [0.2, 0.25) is 5.91 Å². The zero-order chi connectivity index (χ0) is 12.4. The van der Waals surface area contributed by atoms with E-state index in [1.807, 2.05) is 0 Å².